The van der Waals surface area contributed by atoms with Crippen molar-refractivity contribution in [2.24, 2.45) is 17.8 Å². The van der Waals surface area contributed by atoms with E-state index in [1.54, 1.807) is 0 Å². The van der Waals surface area contributed by atoms with Crippen LogP contribution in [0.4, 0.5) is 5.95 Å². The highest BCUT2D eigenvalue weighted by Crippen LogP contribution is 2.42. The SMILES string of the molecule is O=C(O)C1C2CCC1CN(c1ncc(-c3ccc4nc5n(c4c3)CCC5)cn1)C2. The van der Waals surface area contributed by atoms with E-state index in [4.69, 9.17) is 4.98 Å². The Balaban J connectivity index is 1.26. The van der Waals surface area contributed by atoms with Gasteiger partial charge in [0.05, 0.1) is 17.0 Å². The minimum absolute atomic E-state index is 0.199. The van der Waals surface area contributed by atoms with E-state index in [1.807, 2.05) is 12.4 Å². The Bertz CT molecular complexity index is 1090. The minimum Gasteiger partial charge on any atom is -0.481 e. The molecule has 2 aliphatic heterocycles. The van der Waals surface area contributed by atoms with Crippen LogP contribution in [-0.4, -0.2) is 43.7 Å². The summed E-state index contributed by atoms with van der Waals surface area (Å²) < 4.78 is 2.32. The highest BCUT2D eigenvalue weighted by Gasteiger charge is 2.46. The average molecular weight is 389 g/mol. The van der Waals surface area contributed by atoms with Crippen molar-refractivity contribution in [3.05, 3.63) is 36.4 Å². The summed E-state index contributed by atoms with van der Waals surface area (Å²) >= 11 is 0. The molecule has 29 heavy (non-hydrogen) atoms. The van der Waals surface area contributed by atoms with Gasteiger partial charge in [0.1, 0.15) is 5.82 Å². The van der Waals surface area contributed by atoms with Gasteiger partial charge in [-0.3, -0.25) is 4.79 Å². The summed E-state index contributed by atoms with van der Waals surface area (Å²) in [5.41, 5.74) is 4.33. The summed E-state index contributed by atoms with van der Waals surface area (Å²) in [6.07, 6.45) is 7.98. The van der Waals surface area contributed by atoms with Crippen molar-refractivity contribution in [1.82, 2.24) is 19.5 Å². The smallest absolute Gasteiger partial charge is 0.307 e. The Labute approximate surface area is 168 Å². The molecule has 2 atom stereocenters. The number of aromatic nitrogens is 4. The Hall–Kier alpha value is -2.96. The molecular formula is C22H23N5O2. The number of rotatable bonds is 3. The summed E-state index contributed by atoms with van der Waals surface area (Å²) in [6.45, 7) is 2.51. The van der Waals surface area contributed by atoms with Crippen molar-refractivity contribution in [3.8, 4) is 11.1 Å². The van der Waals surface area contributed by atoms with Gasteiger partial charge in [-0.1, -0.05) is 6.07 Å². The molecule has 1 saturated carbocycles. The van der Waals surface area contributed by atoms with Crippen LogP contribution in [0.2, 0.25) is 0 Å². The Morgan fingerprint density at radius 1 is 1.07 bits per heavy atom. The standard InChI is InChI=1S/C22H23N5O2/c28-21(29)20-14-3-4-15(20)12-26(11-14)22-23-9-16(10-24-22)13-5-6-17-18(8-13)27-7-1-2-19(27)25-17/h5-6,8-10,14-15,20H,1-4,7,11-12H2,(H,28,29). The molecule has 148 valence electrons. The van der Waals surface area contributed by atoms with E-state index in [0.29, 0.717) is 5.95 Å². The molecule has 2 bridgehead atoms. The second-order valence-electron chi connectivity index (χ2n) is 8.62. The summed E-state index contributed by atoms with van der Waals surface area (Å²) in [5, 5.41) is 9.50. The van der Waals surface area contributed by atoms with Crippen LogP contribution in [0.3, 0.4) is 0 Å². The number of carbonyl (C=O) groups is 1. The number of anilines is 1. The molecular weight excluding hydrogens is 366 g/mol. The number of nitrogens with zero attached hydrogens (tertiary/aromatic N) is 5. The van der Waals surface area contributed by atoms with Crippen molar-refractivity contribution in [2.45, 2.75) is 32.2 Å². The van der Waals surface area contributed by atoms with E-state index in [-0.39, 0.29) is 17.8 Å². The number of carboxylic acids is 1. The Kier molecular flexibility index (Phi) is 3.66. The summed E-state index contributed by atoms with van der Waals surface area (Å²) in [6, 6.07) is 6.36. The lowest BCUT2D eigenvalue weighted by atomic mass is 9.85. The Morgan fingerprint density at radius 3 is 2.55 bits per heavy atom. The molecule has 2 aromatic heterocycles. The summed E-state index contributed by atoms with van der Waals surface area (Å²) in [7, 11) is 0. The van der Waals surface area contributed by atoms with Crippen LogP contribution in [0.1, 0.15) is 25.1 Å². The largest absolute Gasteiger partial charge is 0.481 e. The molecule has 1 aromatic carbocycles. The number of hydrogen-bond acceptors (Lipinski definition) is 5. The normalized spacial score (nSPS) is 25.5. The van der Waals surface area contributed by atoms with Crippen LogP contribution >= 0.6 is 0 Å². The fourth-order valence-electron chi connectivity index (χ4n) is 5.61. The molecule has 0 amide bonds. The molecule has 6 rings (SSSR count). The third kappa shape index (κ3) is 2.63. The molecule has 4 heterocycles. The van der Waals surface area contributed by atoms with Crippen LogP contribution in [0.5, 0.6) is 0 Å². The number of aliphatic carboxylic acids is 1. The van der Waals surface area contributed by atoms with Gasteiger partial charge in [-0.05, 0) is 48.8 Å². The van der Waals surface area contributed by atoms with Gasteiger partial charge in [-0.25, -0.2) is 15.0 Å². The molecule has 7 heteroatoms. The van der Waals surface area contributed by atoms with Gasteiger partial charge in [0.15, 0.2) is 0 Å². The molecule has 0 radical (unpaired) electrons. The number of piperidine rings is 1. The Morgan fingerprint density at radius 2 is 1.83 bits per heavy atom. The quantitative estimate of drug-likeness (QED) is 0.741. The van der Waals surface area contributed by atoms with Gasteiger partial charge in [-0.2, -0.15) is 0 Å². The van der Waals surface area contributed by atoms with Gasteiger partial charge in [0.25, 0.3) is 0 Å². The van der Waals surface area contributed by atoms with Gasteiger partial charge in [0.2, 0.25) is 5.95 Å². The van der Waals surface area contributed by atoms with Crippen molar-refractivity contribution in [3.63, 3.8) is 0 Å². The zero-order valence-corrected chi connectivity index (χ0v) is 16.2. The maximum Gasteiger partial charge on any atom is 0.307 e. The molecule has 0 spiro atoms. The van der Waals surface area contributed by atoms with E-state index in [1.165, 1.54) is 17.8 Å². The van der Waals surface area contributed by atoms with E-state index < -0.39 is 5.97 Å². The molecule has 7 nitrogen and oxygen atoms in total. The first-order valence-corrected chi connectivity index (χ1v) is 10.5. The van der Waals surface area contributed by atoms with Crippen LogP contribution in [0, 0.1) is 17.8 Å². The van der Waals surface area contributed by atoms with Crippen molar-refractivity contribution in [2.75, 3.05) is 18.0 Å². The molecule has 3 aromatic rings. The number of fused-ring (bicyclic) bond motifs is 5. The van der Waals surface area contributed by atoms with E-state index >= 15 is 0 Å². The zero-order valence-electron chi connectivity index (χ0n) is 16.2. The molecule has 2 fully saturated rings. The molecule has 1 saturated heterocycles. The van der Waals surface area contributed by atoms with Crippen LogP contribution in [0.15, 0.2) is 30.6 Å². The molecule has 1 aliphatic carbocycles. The first-order chi connectivity index (χ1) is 14.2. The van der Waals surface area contributed by atoms with E-state index in [2.05, 4.69) is 37.6 Å². The minimum atomic E-state index is -0.643. The zero-order chi connectivity index (χ0) is 19.5. The van der Waals surface area contributed by atoms with Gasteiger partial charge >= 0.3 is 5.97 Å². The van der Waals surface area contributed by atoms with Crippen molar-refractivity contribution >= 4 is 23.0 Å². The number of carboxylic acid groups (broad SMARTS) is 1. The van der Waals surface area contributed by atoms with E-state index in [9.17, 15) is 9.90 Å². The number of hydrogen-bond donors (Lipinski definition) is 1. The maximum atomic E-state index is 11.5. The van der Waals surface area contributed by atoms with Crippen LogP contribution in [-0.2, 0) is 17.8 Å². The lowest BCUT2D eigenvalue weighted by Crippen LogP contribution is -2.45. The molecule has 2 unspecified atom stereocenters. The first-order valence-electron chi connectivity index (χ1n) is 10.5. The number of aryl methyl sites for hydroxylation is 2. The fourth-order valence-corrected chi connectivity index (χ4v) is 5.61. The van der Waals surface area contributed by atoms with Gasteiger partial charge in [0, 0.05) is 44.0 Å². The van der Waals surface area contributed by atoms with Crippen molar-refractivity contribution < 1.29 is 9.90 Å². The predicted octanol–water partition coefficient (Wildman–Crippen LogP) is 2.99. The number of imidazole rings is 1. The highest BCUT2D eigenvalue weighted by atomic mass is 16.4. The van der Waals surface area contributed by atoms with E-state index in [0.717, 1.165) is 55.5 Å². The van der Waals surface area contributed by atoms with Crippen LogP contribution < -0.4 is 4.90 Å². The summed E-state index contributed by atoms with van der Waals surface area (Å²) in [5.74, 6) is 1.47. The van der Waals surface area contributed by atoms with Crippen LogP contribution in [0.25, 0.3) is 22.2 Å². The number of benzene rings is 1. The second-order valence-corrected chi connectivity index (χ2v) is 8.62. The third-order valence-electron chi connectivity index (χ3n) is 6.98. The van der Waals surface area contributed by atoms with Gasteiger partial charge < -0.3 is 14.6 Å². The monoisotopic (exact) mass is 389 g/mol. The topological polar surface area (TPSA) is 84.1 Å². The second kappa shape index (κ2) is 6.27. The lowest BCUT2D eigenvalue weighted by molar-refractivity contribution is -0.144. The molecule has 3 aliphatic rings. The third-order valence-corrected chi connectivity index (χ3v) is 6.98. The summed E-state index contributed by atoms with van der Waals surface area (Å²) in [4.78, 5) is 27.7. The molecule has 1 N–H and O–H groups in total. The van der Waals surface area contributed by atoms with Crippen molar-refractivity contribution in [1.29, 1.82) is 0 Å². The highest BCUT2D eigenvalue weighted by molar-refractivity contribution is 5.82. The first kappa shape index (κ1) is 16.9. The average Bonchev–Trinajstić information content (AvgIpc) is 3.39. The lowest BCUT2D eigenvalue weighted by Gasteiger charge is -2.35. The fraction of sp³-hybridized carbons (Fsp3) is 0.455. The predicted molar refractivity (Wildman–Crippen MR) is 109 cm³/mol. The van der Waals surface area contributed by atoms with Gasteiger partial charge in [-0.15, -0.1) is 0 Å². The maximum absolute atomic E-state index is 11.5.